The molecule has 24 heavy (non-hydrogen) atoms. The summed E-state index contributed by atoms with van der Waals surface area (Å²) in [5.41, 5.74) is 2.27. The smallest absolute Gasteiger partial charge is 0.325 e. The second-order valence-corrected chi connectivity index (χ2v) is 6.56. The average molecular weight is 324 g/mol. The molecule has 2 aromatic rings. The van der Waals surface area contributed by atoms with E-state index in [1.54, 1.807) is 12.0 Å². The topological polar surface area (TPSA) is 50.8 Å². The summed E-state index contributed by atoms with van der Waals surface area (Å²) in [6.07, 6.45) is 0.696. The van der Waals surface area contributed by atoms with Crippen molar-refractivity contribution in [2.45, 2.75) is 32.0 Å². The minimum Gasteiger partial charge on any atom is -0.497 e. The predicted octanol–water partition coefficient (Wildman–Crippen LogP) is 3.77. The number of hydrogen-bond donors (Lipinski definition) is 1. The number of nitrogens with one attached hydrogen (secondary N) is 1. The molecule has 2 aliphatic rings. The number of ether oxygens (including phenoxy) is 2. The molecule has 2 unspecified atom stereocenters. The van der Waals surface area contributed by atoms with Gasteiger partial charge in [-0.25, -0.2) is 4.79 Å². The van der Waals surface area contributed by atoms with E-state index in [9.17, 15) is 4.79 Å². The maximum atomic E-state index is 12.8. The number of nitrogens with zero attached hydrogens (tertiary/aromatic N) is 1. The number of amides is 2. The van der Waals surface area contributed by atoms with Crippen LogP contribution in [0.5, 0.6) is 11.5 Å². The molecule has 2 amide bonds. The highest BCUT2D eigenvalue weighted by molar-refractivity contribution is 5.95. The molecule has 0 aliphatic carbocycles. The third-order valence-corrected chi connectivity index (χ3v) is 4.76. The van der Waals surface area contributed by atoms with Crippen LogP contribution in [0.15, 0.2) is 42.5 Å². The van der Waals surface area contributed by atoms with Gasteiger partial charge >= 0.3 is 6.03 Å². The van der Waals surface area contributed by atoms with Crippen molar-refractivity contribution in [1.29, 1.82) is 0 Å². The number of rotatable bonds is 2. The van der Waals surface area contributed by atoms with Gasteiger partial charge in [-0.05, 0) is 44.2 Å². The highest BCUT2D eigenvalue weighted by Gasteiger charge is 2.49. The fourth-order valence-corrected chi connectivity index (χ4v) is 3.62. The Labute approximate surface area is 141 Å². The Kier molecular flexibility index (Phi) is 3.20. The fourth-order valence-electron chi connectivity index (χ4n) is 3.62. The van der Waals surface area contributed by atoms with E-state index in [0.717, 1.165) is 28.3 Å². The van der Waals surface area contributed by atoms with Gasteiger partial charge in [0.1, 0.15) is 11.5 Å². The Bertz CT molecular complexity index is 803. The molecule has 2 atom stereocenters. The van der Waals surface area contributed by atoms with Gasteiger partial charge in [0, 0.05) is 17.7 Å². The Balaban J connectivity index is 1.76. The van der Waals surface area contributed by atoms with E-state index in [2.05, 4.69) is 11.4 Å². The molecule has 124 valence electrons. The molecule has 0 aromatic heterocycles. The van der Waals surface area contributed by atoms with Gasteiger partial charge in [0.2, 0.25) is 0 Å². The van der Waals surface area contributed by atoms with Gasteiger partial charge in [-0.2, -0.15) is 0 Å². The Morgan fingerprint density at radius 2 is 2.00 bits per heavy atom. The number of hydrogen-bond acceptors (Lipinski definition) is 3. The minimum atomic E-state index is -0.718. The van der Waals surface area contributed by atoms with Crippen molar-refractivity contribution >= 4 is 11.7 Å². The maximum Gasteiger partial charge on any atom is 0.325 e. The number of aryl methyl sites for hydroxylation is 1. The van der Waals surface area contributed by atoms with Crippen molar-refractivity contribution in [3.63, 3.8) is 0 Å². The van der Waals surface area contributed by atoms with Crippen molar-refractivity contribution in [2.75, 3.05) is 12.0 Å². The molecule has 1 fully saturated rings. The predicted molar refractivity (Wildman–Crippen MR) is 91.6 cm³/mol. The lowest BCUT2D eigenvalue weighted by molar-refractivity contribution is 0.0378. The summed E-state index contributed by atoms with van der Waals surface area (Å²) in [6, 6.07) is 13.4. The highest BCUT2D eigenvalue weighted by atomic mass is 16.5. The largest absolute Gasteiger partial charge is 0.497 e. The lowest BCUT2D eigenvalue weighted by atomic mass is 9.89. The zero-order chi connectivity index (χ0) is 16.9. The number of benzene rings is 2. The van der Waals surface area contributed by atoms with Crippen LogP contribution < -0.4 is 19.7 Å². The van der Waals surface area contributed by atoms with Crippen LogP contribution in [-0.2, 0) is 0 Å². The van der Waals surface area contributed by atoms with E-state index in [1.165, 1.54) is 0 Å². The van der Waals surface area contributed by atoms with Gasteiger partial charge in [0.25, 0.3) is 0 Å². The summed E-state index contributed by atoms with van der Waals surface area (Å²) >= 11 is 0. The van der Waals surface area contributed by atoms with E-state index < -0.39 is 5.72 Å². The monoisotopic (exact) mass is 324 g/mol. The average Bonchev–Trinajstić information content (AvgIpc) is 2.55. The van der Waals surface area contributed by atoms with E-state index in [4.69, 9.17) is 9.47 Å². The molecular weight excluding hydrogens is 304 g/mol. The second-order valence-electron chi connectivity index (χ2n) is 6.56. The number of carbonyl (C=O) groups is 1. The van der Waals surface area contributed by atoms with Crippen LogP contribution in [0.4, 0.5) is 10.5 Å². The van der Waals surface area contributed by atoms with Crippen LogP contribution >= 0.6 is 0 Å². The lowest BCUT2D eigenvalue weighted by Gasteiger charge is -2.50. The van der Waals surface area contributed by atoms with Crippen LogP contribution in [0.25, 0.3) is 0 Å². The van der Waals surface area contributed by atoms with Crippen LogP contribution in [-0.4, -0.2) is 18.9 Å². The van der Waals surface area contributed by atoms with E-state index in [1.807, 2.05) is 50.2 Å². The number of methoxy groups -OCH3 is 1. The summed E-state index contributed by atoms with van der Waals surface area (Å²) in [6.45, 7) is 4.01. The van der Waals surface area contributed by atoms with Gasteiger partial charge in [0.05, 0.1) is 13.2 Å². The summed E-state index contributed by atoms with van der Waals surface area (Å²) < 4.78 is 11.5. The van der Waals surface area contributed by atoms with Crippen LogP contribution in [0.1, 0.15) is 30.5 Å². The van der Waals surface area contributed by atoms with Gasteiger partial charge in [-0.3, -0.25) is 4.90 Å². The van der Waals surface area contributed by atoms with E-state index >= 15 is 0 Å². The summed E-state index contributed by atoms with van der Waals surface area (Å²) in [5, 5.41) is 3.11. The maximum absolute atomic E-state index is 12.8. The van der Waals surface area contributed by atoms with Crippen molar-refractivity contribution in [3.05, 3.63) is 53.6 Å². The first-order valence-electron chi connectivity index (χ1n) is 8.04. The standard InChI is InChI=1S/C19H20N2O3/c1-12-4-9-17-15(10-12)16-11-19(2,24-17)21(18(22)20-16)13-5-7-14(23-3)8-6-13/h4-10,16H,11H2,1-3H3,(H,20,22). The molecule has 2 aromatic carbocycles. The van der Waals surface area contributed by atoms with Crippen molar-refractivity contribution in [3.8, 4) is 11.5 Å². The molecule has 0 spiro atoms. The van der Waals surface area contributed by atoms with Gasteiger partial charge in [0.15, 0.2) is 5.72 Å². The molecule has 1 saturated heterocycles. The van der Waals surface area contributed by atoms with E-state index in [0.29, 0.717) is 6.42 Å². The quantitative estimate of drug-likeness (QED) is 0.915. The molecule has 0 radical (unpaired) electrons. The van der Waals surface area contributed by atoms with Gasteiger partial charge < -0.3 is 14.8 Å². The molecule has 0 saturated carbocycles. The normalized spacial score (nSPS) is 24.7. The number of carbonyl (C=O) groups excluding carboxylic acids is 1. The zero-order valence-electron chi connectivity index (χ0n) is 14.0. The summed E-state index contributed by atoms with van der Waals surface area (Å²) in [5.74, 6) is 1.59. The highest BCUT2D eigenvalue weighted by Crippen LogP contribution is 2.45. The summed E-state index contributed by atoms with van der Waals surface area (Å²) in [4.78, 5) is 14.5. The van der Waals surface area contributed by atoms with E-state index in [-0.39, 0.29) is 12.1 Å². The molecule has 2 bridgehead atoms. The molecule has 5 nitrogen and oxygen atoms in total. The Morgan fingerprint density at radius 1 is 1.25 bits per heavy atom. The lowest BCUT2D eigenvalue weighted by Crippen LogP contribution is -2.65. The molecule has 2 aliphatic heterocycles. The van der Waals surface area contributed by atoms with Crippen molar-refractivity contribution in [1.82, 2.24) is 5.32 Å². The summed E-state index contributed by atoms with van der Waals surface area (Å²) in [7, 11) is 1.62. The SMILES string of the molecule is COc1ccc(N2C(=O)NC3CC2(C)Oc2ccc(C)cc23)cc1. The van der Waals surface area contributed by atoms with Crippen LogP contribution in [0.3, 0.4) is 0 Å². The molecule has 2 heterocycles. The Hall–Kier alpha value is -2.69. The first kappa shape index (κ1) is 14.9. The zero-order valence-corrected chi connectivity index (χ0v) is 14.0. The number of fused-ring (bicyclic) bond motifs is 4. The van der Waals surface area contributed by atoms with Crippen LogP contribution in [0, 0.1) is 6.92 Å². The number of urea groups is 1. The van der Waals surface area contributed by atoms with Gasteiger partial charge in [-0.1, -0.05) is 17.7 Å². The third-order valence-electron chi connectivity index (χ3n) is 4.76. The molecular formula is C19H20N2O3. The molecule has 1 N–H and O–H groups in total. The van der Waals surface area contributed by atoms with Crippen molar-refractivity contribution in [2.24, 2.45) is 0 Å². The molecule has 5 heteroatoms. The first-order valence-corrected chi connectivity index (χ1v) is 8.04. The second kappa shape index (κ2) is 5.16. The van der Waals surface area contributed by atoms with Crippen LogP contribution in [0.2, 0.25) is 0 Å². The fraction of sp³-hybridized carbons (Fsp3) is 0.316. The third kappa shape index (κ3) is 2.19. The molecule has 4 rings (SSSR count). The minimum absolute atomic E-state index is 0.0272. The Morgan fingerprint density at radius 3 is 2.71 bits per heavy atom. The van der Waals surface area contributed by atoms with Gasteiger partial charge in [-0.15, -0.1) is 0 Å². The first-order chi connectivity index (χ1) is 11.5. The van der Waals surface area contributed by atoms with Crippen molar-refractivity contribution < 1.29 is 14.3 Å². The number of anilines is 1.